The number of rotatable bonds is 33. The quantitative estimate of drug-likeness (QED) is 0.0276. The minimum Gasteiger partial charge on any atom is -0.459 e. The van der Waals surface area contributed by atoms with Crippen LogP contribution in [-0.4, -0.2) is 54.5 Å². The number of ether oxygens (including phenoxy) is 3. The first kappa shape index (κ1) is 50.7. The molecule has 0 atom stereocenters. The third-order valence-electron chi connectivity index (χ3n) is 9.28. The van der Waals surface area contributed by atoms with E-state index in [4.69, 9.17) is 27.8 Å². The van der Waals surface area contributed by atoms with Crippen LogP contribution < -0.4 is 0 Å². The molecule has 308 valence electrons. The molecule has 0 aliphatic heterocycles. The van der Waals surface area contributed by atoms with Crippen molar-refractivity contribution in [1.82, 2.24) is 0 Å². The number of hydrogen-bond acceptors (Lipinski definition) is 10. The van der Waals surface area contributed by atoms with Crippen molar-refractivity contribution >= 4 is 25.7 Å². The fraction of sp³-hybridized carbons (Fsp3) is 0.786. The summed E-state index contributed by atoms with van der Waals surface area (Å²) in [6.07, 6.45) is 11.4. The largest absolute Gasteiger partial charge is 0.476 e. The standard InChI is InChI=1S/C42H75O10P/c1-13-19-25-40(26-20-14-2,31-47-37(43)34(7)8)50-53(46,51-41(27-21-15-3,28-22-16-4)32-48-38(44)35(9)10)52-42(29-23-17-5,30-24-18-6)33-49-39(45)36(11)12/h7,9,11,13-33H2,1-6,8,10,12H3. The molecule has 10 nitrogen and oxygen atoms in total. The highest BCUT2D eigenvalue weighted by atomic mass is 31.2. The van der Waals surface area contributed by atoms with Crippen molar-refractivity contribution in [3.05, 3.63) is 36.5 Å². The van der Waals surface area contributed by atoms with Crippen molar-refractivity contribution < 1.29 is 46.7 Å². The summed E-state index contributed by atoms with van der Waals surface area (Å²) >= 11 is 0. The van der Waals surface area contributed by atoms with Crippen LogP contribution in [0.4, 0.5) is 0 Å². The molecule has 0 rings (SSSR count). The van der Waals surface area contributed by atoms with Crippen LogP contribution in [0.25, 0.3) is 0 Å². The number of unbranched alkanes of at least 4 members (excludes halogenated alkanes) is 6. The maximum Gasteiger partial charge on any atom is 0.476 e. The van der Waals surface area contributed by atoms with Crippen LogP contribution in [0.5, 0.6) is 0 Å². The van der Waals surface area contributed by atoms with E-state index in [1.165, 1.54) is 0 Å². The van der Waals surface area contributed by atoms with Gasteiger partial charge in [-0.25, -0.2) is 18.9 Å². The molecule has 0 saturated carbocycles. The van der Waals surface area contributed by atoms with E-state index in [9.17, 15) is 14.4 Å². The summed E-state index contributed by atoms with van der Waals surface area (Å²) in [6, 6.07) is 0. The Kier molecular flexibility index (Phi) is 25.4. The highest BCUT2D eigenvalue weighted by Crippen LogP contribution is 2.62. The minimum absolute atomic E-state index is 0.196. The summed E-state index contributed by atoms with van der Waals surface area (Å²) in [5, 5.41) is 0. The van der Waals surface area contributed by atoms with Gasteiger partial charge < -0.3 is 14.2 Å². The highest BCUT2D eigenvalue weighted by Gasteiger charge is 2.52. The SMILES string of the molecule is C=C(C)C(=O)OCC(CCCC)(CCCC)OP(=O)(OC(CCCC)(CCCC)COC(=O)C(=C)C)OC(CCCC)(CCCC)COC(=O)C(=C)C. The van der Waals surface area contributed by atoms with Crippen LogP contribution in [0.1, 0.15) is 178 Å². The first-order chi connectivity index (χ1) is 25.0. The van der Waals surface area contributed by atoms with Crippen molar-refractivity contribution in [3.8, 4) is 0 Å². The van der Waals surface area contributed by atoms with Crippen molar-refractivity contribution in [2.24, 2.45) is 0 Å². The molecule has 0 aromatic carbocycles. The topological polar surface area (TPSA) is 124 Å². The van der Waals surface area contributed by atoms with Gasteiger partial charge in [-0.2, -0.15) is 0 Å². The normalized spacial score (nSPS) is 12.3. The van der Waals surface area contributed by atoms with Crippen LogP contribution in [0.3, 0.4) is 0 Å². The third kappa shape index (κ3) is 19.8. The summed E-state index contributed by atoms with van der Waals surface area (Å²) < 4.78 is 54.1. The molecular weight excluding hydrogens is 695 g/mol. The summed E-state index contributed by atoms with van der Waals surface area (Å²) in [4.78, 5) is 38.5. The van der Waals surface area contributed by atoms with Crippen molar-refractivity contribution in [1.29, 1.82) is 0 Å². The molecule has 0 amide bonds. The van der Waals surface area contributed by atoms with Gasteiger partial charge in [0.1, 0.15) is 36.6 Å². The molecule has 0 heterocycles. The van der Waals surface area contributed by atoms with Crippen molar-refractivity contribution in [2.45, 2.75) is 195 Å². The van der Waals surface area contributed by atoms with Gasteiger partial charge in [-0.1, -0.05) is 138 Å². The highest BCUT2D eigenvalue weighted by molar-refractivity contribution is 7.48. The van der Waals surface area contributed by atoms with Crippen LogP contribution in [-0.2, 0) is 46.7 Å². The van der Waals surface area contributed by atoms with Gasteiger partial charge in [-0.3, -0.25) is 13.6 Å². The van der Waals surface area contributed by atoms with Gasteiger partial charge in [0, 0.05) is 16.7 Å². The van der Waals surface area contributed by atoms with E-state index in [-0.39, 0.29) is 36.5 Å². The second-order valence-corrected chi connectivity index (χ2v) is 16.4. The Morgan fingerprint density at radius 2 is 0.623 bits per heavy atom. The van der Waals surface area contributed by atoms with Gasteiger partial charge in [0.2, 0.25) is 0 Å². The van der Waals surface area contributed by atoms with E-state index in [0.29, 0.717) is 77.0 Å². The molecule has 0 unspecified atom stereocenters. The molecule has 0 N–H and O–H groups in total. The average Bonchev–Trinajstić information content (AvgIpc) is 3.12. The zero-order valence-corrected chi connectivity index (χ0v) is 35.9. The molecule has 0 radical (unpaired) electrons. The van der Waals surface area contributed by atoms with Gasteiger partial charge in [0.05, 0.1) is 0 Å². The molecule has 0 aromatic heterocycles. The second kappa shape index (κ2) is 26.5. The third-order valence-corrected chi connectivity index (χ3v) is 11.1. The Morgan fingerprint density at radius 3 is 0.774 bits per heavy atom. The van der Waals surface area contributed by atoms with Gasteiger partial charge in [0.15, 0.2) is 0 Å². The molecule has 0 aliphatic rings. The molecule has 53 heavy (non-hydrogen) atoms. The molecule has 0 aliphatic carbocycles. The van der Waals surface area contributed by atoms with E-state index in [1.807, 2.05) is 41.5 Å². The first-order valence-electron chi connectivity index (χ1n) is 20.2. The zero-order valence-electron chi connectivity index (χ0n) is 35.0. The van der Waals surface area contributed by atoms with Gasteiger partial charge in [-0.15, -0.1) is 0 Å². The smallest absolute Gasteiger partial charge is 0.459 e. The molecule has 0 fully saturated rings. The molecule has 0 bridgehead atoms. The van der Waals surface area contributed by atoms with Gasteiger partial charge >= 0.3 is 25.7 Å². The number of hydrogen-bond donors (Lipinski definition) is 0. The Morgan fingerprint density at radius 1 is 0.434 bits per heavy atom. The lowest BCUT2D eigenvalue weighted by atomic mass is 9.91. The van der Waals surface area contributed by atoms with Gasteiger partial charge in [0.25, 0.3) is 0 Å². The van der Waals surface area contributed by atoms with E-state index < -0.39 is 42.5 Å². The fourth-order valence-electron chi connectivity index (χ4n) is 5.88. The fourth-order valence-corrected chi connectivity index (χ4v) is 8.12. The van der Waals surface area contributed by atoms with Crippen LogP contribution in [0, 0.1) is 0 Å². The molecular formula is C42H75O10P. The molecule has 0 saturated heterocycles. The van der Waals surface area contributed by atoms with Crippen LogP contribution in [0.15, 0.2) is 36.5 Å². The molecule has 0 aromatic rings. The summed E-state index contributed by atoms with van der Waals surface area (Å²) in [5.74, 6) is -1.75. The Labute approximate surface area is 322 Å². The molecule has 0 spiro atoms. The monoisotopic (exact) mass is 771 g/mol. The Balaban J connectivity index is 7.90. The number of esters is 3. The van der Waals surface area contributed by atoms with E-state index in [0.717, 1.165) is 38.5 Å². The Bertz CT molecular complexity index is 1030. The van der Waals surface area contributed by atoms with E-state index in [1.54, 1.807) is 20.8 Å². The average molecular weight is 771 g/mol. The van der Waals surface area contributed by atoms with Crippen molar-refractivity contribution in [3.63, 3.8) is 0 Å². The lowest BCUT2D eigenvalue weighted by Gasteiger charge is -2.44. The summed E-state index contributed by atoms with van der Waals surface area (Å²) in [6.45, 7) is 27.6. The lowest BCUT2D eigenvalue weighted by Crippen LogP contribution is -2.45. The lowest BCUT2D eigenvalue weighted by molar-refractivity contribution is -0.159. The summed E-state index contributed by atoms with van der Waals surface area (Å²) in [5.41, 5.74) is -3.06. The first-order valence-corrected chi connectivity index (χ1v) is 21.6. The van der Waals surface area contributed by atoms with Crippen LogP contribution in [0.2, 0.25) is 0 Å². The summed E-state index contributed by atoms with van der Waals surface area (Å²) in [7, 11) is -4.72. The number of carbonyl (C=O) groups excluding carboxylic acids is 3. The van der Waals surface area contributed by atoms with Gasteiger partial charge in [-0.05, 0) is 59.3 Å². The van der Waals surface area contributed by atoms with E-state index in [2.05, 4.69) is 19.7 Å². The maximum atomic E-state index is 16.0. The maximum absolute atomic E-state index is 16.0. The van der Waals surface area contributed by atoms with Crippen LogP contribution >= 0.6 is 7.82 Å². The zero-order chi connectivity index (χ0) is 40.6. The Hall–Kier alpha value is -2.26. The number of phosphoric acid groups is 1. The number of phosphoric ester groups is 1. The minimum atomic E-state index is -4.72. The second-order valence-electron chi connectivity index (χ2n) is 15.0. The predicted molar refractivity (Wildman–Crippen MR) is 214 cm³/mol. The predicted octanol–water partition coefficient (Wildman–Crippen LogP) is 11.9. The van der Waals surface area contributed by atoms with Crippen molar-refractivity contribution in [2.75, 3.05) is 19.8 Å². The van der Waals surface area contributed by atoms with E-state index >= 15 is 4.57 Å². The molecule has 11 heteroatoms. The number of carbonyl (C=O) groups is 3.